The van der Waals surface area contributed by atoms with Crippen LogP contribution in [-0.2, 0) is 4.79 Å². The van der Waals surface area contributed by atoms with Gasteiger partial charge in [-0.2, -0.15) is 5.26 Å². The predicted molar refractivity (Wildman–Crippen MR) is 73.5 cm³/mol. The van der Waals surface area contributed by atoms with Gasteiger partial charge in [-0.3, -0.25) is 9.69 Å². The van der Waals surface area contributed by atoms with E-state index in [1.807, 2.05) is 7.05 Å². The van der Waals surface area contributed by atoms with Gasteiger partial charge in [-0.15, -0.1) is 0 Å². The van der Waals surface area contributed by atoms with Crippen molar-refractivity contribution in [3.63, 3.8) is 0 Å². The molecule has 0 aromatic carbocycles. The van der Waals surface area contributed by atoms with E-state index in [9.17, 15) is 10.1 Å². The molecule has 2 rings (SSSR count). The number of hydrogen-bond donors (Lipinski definition) is 2. The second kappa shape index (κ2) is 6.36. The highest BCUT2D eigenvalue weighted by atomic mass is 16.2. The van der Waals surface area contributed by atoms with Gasteiger partial charge in [0.05, 0.1) is 12.6 Å². The van der Waals surface area contributed by atoms with Crippen molar-refractivity contribution >= 4 is 5.91 Å². The highest BCUT2D eigenvalue weighted by Crippen LogP contribution is 2.27. The lowest BCUT2D eigenvalue weighted by molar-refractivity contribution is -0.124. The molecule has 0 aromatic rings. The molecule has 0 aromatic heterocycles. The molecule has 0 bridgehead atoms. The average molecular weight is 264 g/mol. The molecule has 1 heterocycles. The Labute approximate surface area is 115 Å². The first-order valence-corrected chi connectivity index (χ1v) is 7.28. The van der Waals surface area contributed by atoms with E-state index in [-0.39, 0.29) is 5.91 Å². The van der Waals surface area contributed by atoms with Gasteiger partial charge in [-0.1, -0.05) is 19.3 Å². The quantitative estimate of drug-likeness (QED) is 0.781. The smallest absolute Gasteiger partial charge is 0.235 e. The van der Waals surface area contributed by atoms with Crippen LogP contribution < -0.4 is 10.6 Å². The zero-order chi connectivity index (χ0) is 13.7. The number of nitrogens with one attached hydrogen (secondary N) is 2. The number of carbonyl (C=O) groups is 1. The summed E-state index contributed by atoms with van der Waals surface area (Å²) in [5.74, 6) is -0.0159. The Morgan fingerprint density at radius 3 is 2.79 bits per heavy atom. The van der Waals surface area contributed by atoms with Crippen molar-refractivity contribution in [2.75, 3.05) is 26.7 Å². The summed E-state index contributed by atoms with van der Waals surface area (Å²) < 4.78 is 0. The summed E-state index contributed by atoms with van der Waals surface area (Å²) in [5.41, 5.74) is -0.607. The largest absolute Gasteiger partial charge is 0.337 e. The highest BCUT2D eigenvalue weighted by Gasteiger charge is 2.34. The van der Waals surface area contributed by atoms with Crippen LogP contribution in [0, 0.1) is 11.3 Å². The van der Waals surface area contributed by atoms with Crippen LogP contribution in [0.1, 0.15) is 38.5 Å². The standard InChI is InChI=1S/C14H24N4O/c1-18(12-5-8-16-9-12)10-13(19)17-14(11-15)6-3-2-4-7-14/h12,16H,2-10H2,1H3,(H,17,19). The first kappa shape index (κ1) is 14.3. The predicted octanol–water partition coefficient (Wildman–Crippen LogP) is 0.623. The Hall–Kier alpha value is -1.12. The molecule has 1 saturated heterocycles. The van der Waals surface area contributed by atoms with E-state index in [0.29, 0.717) is 12.6 Å². The Bertz CT molecular complexity index is 351. The lowest BCUT2D eigenvalue weighted by atomic mass is 9.83. The van der Waals surface area contributed by atoms with Crippen molar-refractivity contribution in [2.45, 2.75) is 50.1 Å². The van der Waals surface area contributed by atoms with Crippen LogP contribution in [0.3, 0.4) is 0 Å². The molecule has 1 amide bonds. The molecule has 2 N–H and O–H groups in total. The average Bonchev–Trinajstić information content (AvgIpc) is 2.93. The molecule has 1 unspecified atom stereocenters. The fraction of sp³-hybridized carbons (Fsp3) is 0.857. The molecule has 1 aliphatic carbocycles. The first-order valence-electron chi connectivity index (χ1n) is 7.28. The molecule has 1 aliphatic heterocycles. The Kier molecular flexibility index (Phi) is 4.78. The topological polar surface area (TPSA) is 68.2 Å². The summed E-state index contributed by atoms with van der Waals surface area (Å²) in [6, 6.07) is 2.77. The van der Waals surface area contributed by atoms with Gasteiger partial charge in [-0.25, -0.2) is 0 Å². The van der Waals surface area contributed by atoms with Crippen molar-refractivity contribution in [2.24, 2.45) is 0 Å². The molecule has 2 aliphatic rings. The van der Waals surface area contributed by atoms with Crippen LogP contribution in [0.5, 0.6) is 0 Å². The van der Waals surface area contributed by atoms with Gasteiger partial charge in [0, 0.05) is 12.6 Å². The minimum Gasteiger partial charge on any atom is -0.337 e. The summed E-state index contributed by atoms with van der Waals surface area (Å²) in [6.45, 7) is 2.36. The van der Waals surface area contributed by atoms with Gasteiger partial charge in [0.25, 0.3) is 0 Å². The number of rotatable bonds is 4. The highest BCUT2D eigenvalue weighted by molar-refractivity contribution is 5.79. The number of likely N-dealkylation sites (N-methyl/N-ethyl adjacent to an activating group) is 1. The van der Waals surface area contributed by atoms with E-state index in [1.54, 1.807) is 0 Å². The fourth-order valence-corrected chi connectivity index (χ4v) is 3.10. The van der Waals surface area contributed by atoms with Crippen LogP contribution in [0.2, 0.25) is 0 Å². The number of hydrogen-bond acceptors (Lipinski definition) is 4. The molecule has 1 saturated carbocycles. The minimum absolute atomic E-state index is 0.0159. The molecular weight excluding hydrogens is 240 g/mol. The third-order valence-corrected chi connectivity index (χ3v) is 4.35. The van der Waals surface area contributed by atoms with Crippen LogP contribution in [-0.4, -0.2) is 49.1 Å². The van der Waals surface area contributed by atoms with Gasteiger partial charge in [0.15, 0.2) is 0 Å². The molecule has 2 fully saturated rings. The summed E-state index contributed by atoms with van der Waals surface area (Å²) in [4.78, 5) is 14.2. The first-order chi connectivity index (χ1) is 9.15. The maximum atomic E-state index is 12.1. The molecule has 5 nitrogen and oxygen atoms in total. The van der Waals surface area contributed by atoms with E-state index < -0.39 is 5.54 Å². The third-order valence-electron chi connectivity index (χ3n) is 4.35. The monoisotopic (exact) mass is 264 g/mol. The van der Waals surface area contributed by atoms with Crippen molar-refractivity contribution in [1.82, 2.24) is 15.5 Å². The van der Waals surface area contributed by atoms with Gasteiger partial charge in [-0.05, 0) is 32.9 Å². The Morgan fingerprint density at radius 1 is 1.47 bits per heavy atom. The third kappa shape index (κ3) is 3.68. The van der Waals surface area contributed by atoms with Crippen LogP contribution >= 0.6 is 0 Å². The van der Waals surface area contributed by atoms with Gasteiger partial charge >= 0.3 is 0 Å². The second-order valence-electron chi connectivity index (χ2n) is 5.86. The lowest BCUT2D eigenvalue weighted by Gasteiger charge is -2.32. The molecular formula is C14H24N4O. The normalized spacial score (nSPS) is 26.1. The maximum Gasteiger partial charge on any atom is 0.235 e. The molecule has 0 spiro atoms. The van der Waals surface area contributed by atoms with Gasteiger partial charge in [0.1, 0.15) is 5.54 Å². The Balaban J connectivity index is 1.84. The summed E-state index contributed by atoms with van der Waals surface area (Å²) in [7, 11) is 1.98. The maximum absolute atomic E-state index is 12.1. The van der Waals surface area contributed by atoms with Crippen LogP contribution in [0.15, 0.2) is 0 Å². The molecule has 19 heavy (non-hydrogen) atoms. The molecule has 5 heteroatoms. The number of amides is 1. The van der Waals surface area contributed by atoms with Crippen molar-refractivity contribution in [1.29, 1.82) is 5.26 Å². The van der Waals surface area contributed by atoms with E-state index in [1.165, 1.54) is 6.42 Å². The van der Waals surface area contributed by atoms with Crippen LogP contribution in [0.25, 0.3) is 0 Å². The summed E-state index contributed by atoms with van der Waals surface area (Å²) >= 11 is 0. The molecule has 106 valence electrons. The summed E-state index contributed by atoms with van der Waals surface area (Å²) in [6.07, 6.45) is 5.93. The summed E-state index contributed by atoms with van der Waals surface area (Å²) in [5, 5.41) is 15.6. The number of nitrogens with zero attached hydrogens (tertiary/aromatic N) is 2. The van der Waals surface area contributed by atoms with E-state index in [4.69, 9.17) is 0 Å². The van der Waals surface area contributed by atoms with E-state index in [0.717, 1.165) is 45.2 Å². The number of carbonyl (C=O) groups excluding carboxylic acids is 1. The van der Waals surface area contributed by atoms with Gasteiger partial charge < -0.3 is 10.6 Å². The van der Waals surface area contributed by atoms with Crippen molar-refractivity contribution in [3.8, 4) is 6.07 Å². The van der Waals surface area contributed by atoms with Crippen molar-refractivity contribution in [3.05, 3.63) is 0 Å². The van der Waals surface area contributed by atoms with E-state index in [2.05, 4.69) is 21.6 Å². The zero-order valence-corrected chi connectivity index (χ0v) is 11.7. The number of nitriles is 1. The minimum atomic E-state index is -0.607. The zero-order valence-electron chi connectivity index (χ0n) is 11.7. The van der Waals surface area contributed by atoms with Crippen LogP contribution in [0.4, 0.5) is 0 Å². The second-order valence-corrected chi connectivity index (χ2v) is 5.86. The van der Waals surface area contributed by atoms with Crippen molar-refractivity contribution < 1.29 is 4.79 Å². The van der Waals surface area contributed by atoms with E-state index >= 15 is 0 Å². The fourth-order valence-electron chi connectivity index (χ4n) is 3.10. The molecule has 0 radical (unpaired) electrons. The Morgan fingerprint density at radius 2 is 2.21 bits per heavy atom. The SMILES string of the molecule is CN(CC(=O)NC1(C#N)CCCCC1)C1CCNC1. The molecule has 1 atom stereocenters. The lowest BCUT2D eigenvalue weighted by Crippen LogP contribution is -2.52. The van der Waals surface area contributed by atoms with Gasteiger partial charge in [0.2, 0.25) is 5.91 Å².